The summed E-state index contributed by atoms with van der Waals surface area (Å²) in [6, 6.07) is 4.69. The number of fused-ring (bicyclic) bond motifs is 1. The summed E-state index contributed by atoms with van der Waals surface area (Å²) < 4.78 is 53.7. The van der Waals surface area contributed by atoms with Gasteiger partial charge in [-0.25, -0.2) is 4.79 Å². The lowest BCUT2D eigenvalue weighted by atomic mass is 9.88. The van der Waals surface area contributed by atoms with Gasteiger partial charge < -0.3 is 29.1 Å². The van der Waals surface area contributed by atoms with Gasteiger partial charge in [-0.05, 0) is 67.9 Å². The first-order valence-electron chi connectivity index (χ1n) is 11.6. The highest BCUT2D eigenvalue weighted by Crippen LogP contribution is 2.35. The molecular weight excluding hydrogens is 457 g/mol. The van der Waals surface area contributed by atoms with Crippen molar-refractivity contribution in [3.8, 4) is 11.6 Å². The van der Waals surface area contributed by atoms with E-state index in [0.29, 0.717) is 23.5 Å². The van der Waals surface area contributed by atoms with Gasteiger partial charge in [0.15, 0.2) is 12.2 Å². The smallest absolute Gasteiger partial charge is 0.483 e. The average molecular weight is 489 g/mol. The summed E-state index contributed by atoms with van der Waals surface area (Å²) in [7, 11) is 0. The molecule has 0 spiro atoms. The molecule has 2 aromatic rings. The Bertz CT molecular complexity index is 902. The fourth-order valence-electron chi connectivity index (χ4n) is 4.58. The van der Waals surface area contributed by atoms with Gasteiger partial charge in [0.05, 0.1) is 6.61 Å². The van der Waals surface area contributed by atoms with Crippen LogP contribution in [-0.4, -0.2) is 65.4 Å². The van der Waals surface area contributed by atoms with Crippen molar-refractivity contribution >= 4 is 17.1 Å². The van der Waals surface area contributed by atoms with Gasteiger partial charge >= 0.3 is 12.3 Å². The van der Waals surface area contributed by atoms with E-state index in [-0.39, 0.29) is 11.6 Å². The Morgan fingerprint density at radius 3 is 2.38 bits per heavy atom. The van der Waals surface area contributed by atoms with E-state index < -0.39 is 18.9 Å². The number of likely N-dealkylation sites (tertiary alicyclic amines) is 1. The van der Waals surface area contributed by atoms with Crippen LogP contribution in [0.2, 0.25) is 0 Å². The highest BCUT2D eigenvalue weighted by Gasteiger charge is 2.29. The Morgan fingerprint density at radius 1 is 1.06 bits per heavy atom. The second-order valence-electron chi connectivity index (χ2n) is 8.86. The van der Waals surface area contributed by atoms with Gasteiger partial charge in [-0.1, -0.05) is 25.3 Å². The van der Waals surface area contributed by atoms with E-state index >= 15 is 0 Å². The van der Waals surface area contributed by atoms with Crippen LogP contribution in [0.5, 0.6) is 11.6 Å². The quantitative estimate of drug-likeness (QED) is 0.514. The standard InChI is InChI=1S/C22H29F3N2O3.CH2O3/c23-22(24,25)15-29-18-7-4-8-19-20(18)21(26-30-19)28-14-17-9-11-27(12-10-17)13-16-5-2-1-3-6-16;2-1(3)4/h4,7-8,16-17H,1-3,5-6,9-15H2;(H2,2,3,4). The number of hydrogen-bond donors (Lipinski definition) is 2. The molecule has 11 heteroatoms. The Hall–Kier alpha value is -2.69. The molecule has 2 fully saturated rings. The van der Waals surface area contributed by atoms with Crippen LogP contribution in [0.15, 0.2) is 22.7 Å². The van der Waals surface area contributed by atoms with Crippen molar-refractivity contribution in [2.24, 2.45) is 11.8 Å². The van der Waals surface area contributed by atoms with Gasteiger partial charge in [-0.15, -0.1) is 0 Å². The Balaban J connectivity index is 0.000000751. The van der Waals surface area contributed by atoms with Gasteiger partial charge in [-0.3, -0.25) is 0 Å². The zero-order valence-electron chi connectivity index (χ0n) is 18.9. The molecule has 1 aliphatic heterocycles. The van der Waals surface area contributed by atoms with Crippen molar-refractivity contribution in [3.05, 3.63) is 18.2 Å². The van der Waals surface area contributed by atoms with Crippen molar-refractivity contribution in [1.82, 2.24) is 10.1 Å². The number of piperidine rings is 1. The summed E-state index contributed by atoms with van der Waals surface area (Å²) in [6.45, 7) is 2.47. The molecule has 2 N–H and O–H groups in total. The van der Waals surface area contributed by atoms with Crippen LogP contribution in [0, 0.1) is 11.8 Å². The number of carbonyl (C=O) groups is 1. The lowest BCUT2D eigenvalue weighted by Gasteiger charge is -2.35. The maximum atomic E-state index is 12.5. The van der Waals surface area contributed by atoms with Crippen LogP contribution in [0.4, 0.5) is 18.0 Å². The minimum atomic E-state index is -4.41. The summed E-state index contributed by atoms with van der Waals surface area (Å²) >= 11 is 0. The van der Waals surface area contributed by atoms with Crippen molar-refractivity contribution in [1.29, 1.82) is 0 Å². The molecule has 190 valence electrons. The molecule has 0 unspecified atom stereocenters. The molecule has 1 aliphatic carbocycles. The Morgan fingerprint density at radius 2 is 1.74 bits per heavy atom. The lowest BCUT2D eigenvalue weighted by Crippen LogP contribution is -2.38. The fourth-order valence-corrected chi connectivity index (χ4v) is 4.58. The number of aromatic nitrogens is 1. The zero-order valence-corrected chi connectivity index (χ0v) is 18.9. The predicted molar refractivity (Wildman–Crippen MR) is 117 cm³/mol. The van der Waals surface area contributed by atoms with Crippen LogP contribution in [-0.2, 0) is 0 Å². The summed E-state index contributed by atoms with van der Waals surface area (Å²) in [5, 5.41) is 18.2. The van der Waals surface area contributed by atoms with E-state index in [1.165, 1.54) is 44.7 Å². The highest BCUT2D eigenvalue weighted by atomic mass is 19.4. The fraction of sp³-hybridized carbons (Fsp3) is 0.652. The molecule has 1 aromatic heterocycles. The van der Waals surface area contributed by atoms with Crippen molar-refractivity contribution in [2.75, 3.05) is 32.8 Å². The minimum Gasteiger partial charge on any atom is -0.483 e. The third-order valence-corrected chi connectivity index (χ3v) is 6.22. The first-order valence-corrected chi connectivity index (χ1v) is 11.6. The van der Waals surface area contributed by atoms with Crippen LogP contribution in [0.3, 0.4) is 0 Å². The normalized spacial score (nSPS) is 18.3. The Kier molecular flexibility index (Phi) is 9.26. The van der Waals surface area contributed by atoms with Gasteiger partial charge in [0.25, 0.3) is 5.88 Å². The van der Waals surface area contributed by atoms with Crippen molar-refractivity contribution in [2.45, 2.75) is 51.1 Å². The van der Waals surface area contributed by atoms with Crippen molar-refractivity contribution < 1.29 is 42.2 Å². The number of halogens is 3. The highest BCUT2D eigenvalue weighted by molar-refractivity contribution is 5.88. The molecule has 2 heterocycles. The monoisotopic (exact) mass is 488 g/mol. The molecule has 0 bridgehead atoms. The number of hydrogen-bond acceptors (Lipinski definition) is 6. The largest absolute Gasteiger partial charge is 0.503 e. The maximum Gasteiger partial charge on any atom is 0.503 e. The van der Waals surface area contributed by atoms with Crippen molar-refractivity contribution in [3.63, 3.8) is 0 Å². The topological polar surface area (TPSA) is 105 Å². The van der Waals surface area contributed by atoms with Gasteiger partial charge in [-0.2, -0.15) is 13.2 Å². The maximum absolute atomic E-state index is 12.5. The number of alkyl halides is 3. The Labute approximate surface area is 195 Å². The van der Waals surface area contributed by atoms with Crippen LogP contribution in [0.1, 0.15) is 44.9 Å². The SMILES string of the molecule is FC(F)(F)COc1cccc2onc(OCC3CCN(CC4CCCCC4)CC3)c12.O=C(O)O. The average Bonchev–Trinajstić information content (AvgIpc) is 3.21. The van der Waals surface area contributed by atoms with E-state index in [1.54, 1.807) is 12.1 Å². The molecule has 0 radical (unpaired) electrons. The second-order valence-corrected chi connectivity index (χ2v) is 8.86. The molecule has 2 aliphatic rings. The van der Waals surface area contributed by atoms with Crippen LogP contribution in [0.25, 0.3) is 11.0 Å². The van der Waals surface area contributed by atoms with Gasteiger partial charge in [0.2, 0.25) is 0 Å². The van der Waals surface area contributed by atoms with Crippen LogP contribution < -0.4 is 9.47 Å². The summed E-state index contributed by atoms with van der Waals surface area (Å²) in [4.78, 5) is 11.1. The summed E-state index contributed by atoms with van der Waals surface area (Å²) in [6.07, 6.45) is 2.72. The minimum absolute atomic E-state index is 0.0726. The molecular formula is C23H31F3N2O6. The number of carboxylic acid groups (broad SMARTS) is 2. The predicted octanol–water partition coefficient (Wildman–Crippen LogP) is 5.66. The third-order valence-electron chi connectivity index (χ3n) is 6.22. The number of nitrogens with zero attached hydrogens (tertiary/aromatic N) is 2. The van der Waals surface area contributed by atoms with Gasteiger partial charge in [0, 0.05) is 6.54 Å². The molecule has 8 nitrogen and oxygen atoms in total. The summed E-state index contributed by atoms with van der Waals surface area (Å²) in [5.74, 6) is 1.53. The number of benzene rings is 1. The number of ether oxygens (including phenoxy) is 2. The molecule has 1 saturated carbocycles. The van der Waals surface area contributed by atoms with Gasteiger partial charge in [0.1, 0.15) is 11.1 Å². The van der Waals surface area contributed by atoms with E-state index in [0.717, 1.165) is 31.8 Å². The second kappa shape index (κ2) is 12.1. The number of rotatable bonds is 7. The van der Waals surface area contributed by atoms with E-state index in [2.05, 4.69) is 10.1 Å². The first kappa shape index (κ1) is 25.9. The third kappa shape index (κ3) is 8.27. The van der Waals surface area contributed by atoms with E-state index in [9.17, 15) is 13.2 Å². The first-order chi connectivity index (χ1) is 16.2. The molecule has 34 heavy (non-hydrogen) atoms. The zero-order chi connectivity index (χ0) is 24.6. The van der Waals surface area contributed by atoms with E-state index in [4.69, 9.17) is 29.0 Å². The van der Waals surface area contributed by atoms with E-state index in [1.807, 2.05) is 0 Å². The lowest BCUT2D eigenvalue weighted by molar-refractivity contribution is -0.153. The molecule has 0 amide bonds. The van der Waals surface area contributed by atoms with Crippen LogP contribution >= 0.6 is 0 Å². The summed E-state index contributed by atoms with van der Waals surface area (Å²) in [5.41, 5.74) is 0.354. The molecule has 1 saturated heterocycles. The molecule has 1 aromatic carbocycles. The molecule has 4 rings (SSSR count). The molecule has 0 atom stereocenters.